The lowest BCUT2D eigenvalue weighted by Crippen LogP contribution is -2.48. The zero-order valence-electron chi connectivity index (χ0n) is 19.1. The molecule has 1 saturated carbocycles. The van der Waals surface area contributed by atoms with Crippen molar-refractivity contribution < 1.29 is 9.59 Å². The number of aromatic nitrogens is 1. The summed E-state index contributed by atoms with van der Waals surface area (Å²) in [5, 5.41) is 0. The fourth-order valence-corrected chi connectivity index (χ4v) is 7.45. The molecular formula is C25H35N3O3. The second-order valence-corrected chi connectivity index (χ2v) is 11.8. The van der Waals surface area contributed by atoms with Gasteiger partial charge >= 0.3 is 0 Å². The van der Waals surface area contributed by atoms with Crippen LogP contribution in [0.2, 0.25) is 0 Å². The first-order valence-corrected chi connectivity index (χ1v) is 11.8. The molecule has 1 aliphatic carbocycles. The van der Waals surface area contributed by atoms with Crippen molar-refractivity contribution in [2.45, 2.75) is 71.4 Å². The van der Waals surface area contributed by atoms with Gasteiger partial charge in [-0.25, -0.2) is 0 Å². The van der Waals surface area contributed by atoms with Crippen LogP contribution in [-0.4, -0.2) is 58.3 Å². The van der Waals surface area contributed by atoms with Gasteiger partial charge in [-0.15, -0.1) is 0 Å². The first-order chi connectivity index (χ1) is 14.6. The van der Waals surface area contributed by atoms with E-state index in [0.717, 1.165) is 57.6 Å². The number of amides is 1. The van der Waals surface area contributed by atoms with Gasteiger partial charge in [0, 0.05) is 49.9 Å². The van der Waals surface area contributed by atoms with E-state index in [1.807, 2.05) is 21.6 Å². The van der Waals surface area contributed by atoms with Crippen molar-refractivity contribution in [3.05, 3.63) is 34.2 Å². The van der Waals surface area contributed by atoms with E-state index < -0.39 is 0 Å². The van der Waals surface area contributed by atoms with Gasteiger partial charge in [0.25, 0.3) is 5.56 Å². The molecule has 1 aromatic heterocycles. The van der Waals surface area contributed by atoms with E-state index in [2.05, 4.69) is 25.7 Å². The largest absolute Gasteiger partial charge is 0.339 e. The number of piperidine rings is 1. The van der Waals surface area contributed by atoms with Crippen LogP contribution in [0.5, 0.6) is 0 Å². The second kappa shape index (κ2) is 7.29. The summed E-state index contributed by atoms with van der Waals surface area (Å²) in [5.74, 6) is 0.742. The van der Waals surface area contributed by atoms with E-state index in [9.17, 15) is 14.4 Å². The van der Waals surface area contributed by atoms with Crippen molar-refractivity contribution in [1.29, 1.82) is 0 Å². The summed E-state index contributed by atoms with van der Waals surface area (Å²) in [6.45, 7) is 10.4. The first kappa shape index (κ1) is 20.9. The molecule has 0 N–H and O–H groups in total. The molecule has 0 spiro atoms. The van der Waals surface area contributed by atoms with Crippen LogP contribution in [0.15, 0.2) is 23.0 Å². The Kier molecular flexibility index (Phi) is 4.92. The molecule has 168 valence electrons. The highest BCUT2D eigenvalue weighted by atomic mass is 16.2. The maximum absolute atomic E-state index is 13.0. The average Bonchev–Trinajstić information content (AvgIpc) is 2.91. The maximum atomic E-state index is 13.0. The predicted octanol–water partition coefficient (Wildman–Crippen LogP) is 2.65. The lowest BCUT2D eigenvalue weighted by molar-refractivity contribution is -0.136. The third kappa shape index (κ3) is 3.99. The molecule has 31 heavy (non-hydrogen) atoms. The maximum Gasteiger partial charge on any atom is 0.250 e. The van der Waals surface area contributed by atoms with E-state index in [1.165, 1.54) is 0 Å². The highest BCUT2D eigenvalue weighted by Crippen LogP contribution is 2.52. The van der Waals surface area contributed by atoms with E-state index in [1.54, 1.807) is 6.07 Å². The first-order valence-electron chi connectivity index (χ1n) is 11.8. The van der Waals surface area contributed by atoms with Gasteiger partial charge in [0.05, 0.1) is 13.0 Å². The van der Waals surface area contributed by atoms with E-state index in [-0.39, 0.29) is 34.5 Å². The van der Waals surface area contributed by atoms with Crippen molar-refractivity contribution >= 4 is 11.7 Å². The van der Waals surface area contributed by atoms with E-state index in [4.69, 9.17) is 0 Å². The quantitative estimate of drug-likeness (QED) is 0.696. The summed E-state index contributed by atoms with van der Waals surface area (Å²) in [7, 11) is 0. The molecule has 4 aliphatic rings. The molecule has 0 aromatic carbocycles. The van der Waals surface area contributed by atoms with Crippen LogP contribution in [0, 0.1) is 16.7 Å². The molecule has 1 amide bonds. The van der Waals surface area contributed by atoms with Gasteiger partial charge < -0.3 is 9.47 Å². The van der Waals surface area contributed by atoms with E-state index in [0.29, 0.717) is 24.4 Å². The molecule has 1 aromatic rings. The molecule has 5 rings (SSSR count). The number of ketones is 1. The Morgan fingerprint density at radius 3 is 2.71 bits per heavy atom. The number of carbonyl (C=O) groups is 2. The van der Waals surface area contributed by atoms with Gasteiger partial charge in [-0.1, -0.05) is 26.8 Å². The van der Waals surface area contributed by atoms with Crippen LogP contribution in [0.4, 0.5) is 0 Å². The third-order valence-electron chi connectivity index (χ3n) is 8.04. The number of hydrogen-bond donors (Lipinski definition) is 0. The topological polar surface area (TPSA) is 62.6 Å². The molecule has 3 aliphatic heterocycles. The number of fused-ring (bicyclic) bond motifs is 6. The summed E-state index contributed by atoms with van der Waals surface area (Å²) < 4.78 is 1.91. The number of rotatable bonds is 4. The summed E-state index contributed by atoms with van der Waals surface area (Å²) >= 11 is 0. The molecule has 0 unspecified atom stereocenters. The van der Waals surface area contributed by atoms with Crippen LogP contribution in [-0.2, 0) is 16.1 Å². The normalized spacial score (nSPS) is 33.8. The SMILES string of the molecule is CC1(C)C[C@H]2C[C@](C)(CN2C(=O)CC(=O)CN2C[C@@H]3C[C@H](C2)c2cccc(=O)n2C3)C1. The van der Waals surface area contributed by atoms with Crippen molar-refractivity contribution in [3.8, 4) is 0 Å². The lowest BCUT2D eigenvalue weighted by Gasteiger charge is -2.42. The molecule has 4 atom stereocenters. The zero-order chi connectivity index (χ0) is 22.0. The molecule has 3 fully saturated rings. The van der Waals surface area contributed by atoms with Gasteiger partial charge in [0.2, 0.25) is 5.91 Å². The monoisotopic (exact) mass is 425 g/mol. The van der Waals surface area contributed by atoms with Crippen LogP contribution < -0.4 is 5.56 Å². The lowest BCUT2D eigenvalue weighted by atomic mass is 9.65. The van der Waals surface area contributed by atoms with E-state index >= 15 is 0 Å². The van der Waals surface area contributed by atoms with Gasteiger partial charge in [-0.3, -0.25) is 19.3 Å². The fourth-order valence-electron chi connectivity index (χ4n) is 7.45. The minimum Gasteiger partial charge on any atom is -0.339 e. The van der Waals surface area contributed by atoms with Gasteiger partial charge in [-0.2, -0.15) is 0 Å². The Labute approximate surface area is 184 Å². The highest BCUT2D eigenvalue weighted by molar-refractivity contribution is 5.99. The fraction of sp³-hybridized carbons (Fsp3) is 0.720. The molecule has 4 heterocycles. The van der Waals surface area contributed by atoms with Crippen LogP contribution in [0.1, 0.15) is 64.5 Å². The minimum atomic E-state index is 0.0190. The summed E-state index contributed by atoms with van der Waals surface area (Å²) in [6.07, 6.45) is 4.36. The predicted molar refractivity (Wildman–Crippen MR) is 119 cm³/mol. The standard InChI is InChI=1S/C25H35N3O3/c1-24(2)9-19-10-25(3,15-24)16-28(19)23(31)8-20(29)14-26-11-17-7-18(13-26)21-5-4-6-22(30)27(21)12-17/h4-6,17-19H,7-16H2,1-3H3/t17-,18+,19-,25-/m0/s1. The van der Waals surface area contributed by atoms with Crippen molar-refractivity contribution in [3.63, 3.8) is 0 Å². The van der Waals surface area contributed by atoms with Crippen LogP contribution in [0.25, 0.3) is 0 Å². The smallest absolute Gasteiger partial charge is 0.250 e. The molecule has 6 heteroatoms. The Balaban J connectivity index is 1.20. The third-order valence-corrected chi connectivity index (χ3v) is 8.04. The number of Topliss-reactive ketones (excluding diaryl/α,β-unsaturated/α-hetero) is 1. The van der Waals surface area contributed by atoms with Crippen LogP contribution in [0.3, 0.4) is 0 Å². The zero-order valence-corrected chi connectivity index (χ0v) is 19.1. The van der Waals surface area contributed by atoms with Crippen molar-refractivity contribution in [2.24, 2.45) is 16.7 Å². The summed E-state index contributed by atoms with van der Waals surface area (Å²) in [5.41, 5.74) is 1.63. The molecule has 0 radical (unpaired) electrons. The number of carbonyl (C=O) groups excluding carboxylic acids is 2. The highest BCUT2D eigenvalue weighted by Gasteiger charge is 2.51. The summed E-state index contributed by atoms with van der Waals surface area (Å²) in [4.78, 5) is 42.3. The second-order valence-electron chi connectivity index (χ2n) is 11.8. The average molecular weight is 426 g/mol. The molecule has 4 bridgehead atoms. The molecule has 6 nitrogen and oxygen atoms in total. The Morgan fingerprint density at radius 2 is 1.90 bits per heavy atom. The van der Waals surface area contributed by atoms with Crippen molar-refractivity contribution in [1.82, 2.24) is 14.4 Å². The Hall–Kier alpha value is -1.95. The number of nitrogens with zero attached hydrogens (tertiary/aromatic N) is 3. The Morgan fingerprint density at radius 1 is 1.10 bits per heavy atom. The number of pyridine rings is 1. The van der Waals surface area contributed by atoms with Gasteiger partial charge in [0.1, 0.15) is 0 Å². The van der Waals surface area contributed by atoms with Gasteiger partial charge in [0.15, 0.2) is 5.78 Å². The van der Waals surface area contributed by atoms with Crippen molar-refractivity contribution in [2.75, 3.05) is 26.2 Å². The minimum absolute atomic E-state index is 0.0190. The number of likely N-dealkylation sites (tertiary alicyclic amines) is 2. The molecular weight excluding hydrogens is 390 g/mol. The van der Waals surface area contributed by atoms with Crippen LogP contribution >= 0.6 is 0 Å². The molecule has 2 saturated heterocycles. The Bertz CT molecular complexity index is 967. The van der Waals surface area contributed by atoms with Gasteiger partial charge in [-0.05, 0) is 48.5 Å². The summed E-state index contributed by atoms with van der Waals surface area (Å²) in [6, 6.07) is 5.81. The number of hydrogen-bond acceptors (Lipinski definition) is 4.